The van der Waals surface area contributed by atoms with Gasteiger partial charge in [-0.1, -0.05) is 22.0 Å². The van der Waals surface area contributed by atoms with Crippen molar-refractivity contribution in [3.63, 3.8) is 0 Å². The van der Waals surface area contributed by atoms with E-state index in [1.54, 1.807) is 0 Å². The van der Waals surface area contributed by atoms with Gasteiger partial charge in [-0.15, -0.1) is 0 Å². The van der Waals surface area contributed by atoms with E-state index in [1.165, 1.54) is 0 Å². The van der Waals surface area contributed by atoms with Crippen LogP contribution >= 0.6 is 61.1 Å². The first kappa shape index (κ1) is 19.8. The molecule has 140 valence electrons. The van der Waals surface area contributed by atoms with Gasteiger partial charge in [0.15, 0.2) is 5.58 Å². The molecule has 4 rings (SSSR count). The van der Waals surface area contributed by atoms with Crippen molar-refractivity contribution >= 4 is 83.8 Å². The molecule has 0 atom stereocenters. The zero-order valence-electron chi connectivity index (χ0n) is 14.6. The number of anilines is 1. The van der Waals surface area contributed by atoms with E-state index in [9.17, 15) is 4.79 Å². The van der Waals surface area contributed by atoms with Crippen molar-refractivity contribution in [3.8, 4) is 11.5 Å². The lowest BCUT2D eigenvalue weighted by atomic mass is 10.1. The molecule has 0 aliphatic carbocycles. The van der Waals surface area contributed by atoms with Gasteiger partial charge < -0.3 is 9.73 Å². The number of aryl methyl sites for hydroxylation is 1. The molecular weight excluding hydrogens is 646 g/mol. The summed E-state index contributed by atoms with van der Waals surface area (Å²) in [5.41, 5.74) is 4.74. The van der Waals surface area contributed by atoms with Gasteiger partial charge in [0.2, 0.25) is 5.89 Å². The molecule has 0 aliphatic heterocycles. The van der Waals surface area contributed by atoms with Crippen LogP contribution in [-0.2, 0) is 0 Å². The molecular formula is C21H13BrI2N2O2. The van der Waals surface area contributed by atoms with Crippen LogP contribution in [0.4, 0.5) is 5.69 Å². The molecule has 0 saturated heterocycles. The third kappa shape index (κ3) is 4.11. The van der Waals surface area contributed by atoms with Gasteiger partial charge in [-0.3, -0.25) is 4.79 Å². The van der Waals surface area contributed by atoms with Crippen LogP contribution < -0.4 is 5.32 Å². The second-order valence-corrected chi connectivity index (χ2v) is 9.51. The average molecular weight is 659 g/mol. The Labute approximate surface area is 197 Å². The van der Waals surface area contributed by atoms with Gasteiger partial charge >= 0.3 is 0 Å². The number of amides is 1. The molecule has 0 saturated carbocycles. The second-order valence-electron chi connectivity index (χ2n) is 6.24. The topological polar surface area (TPSA) is 55.1 Å². The number of nitrogens with zero attached hydrogens (tertiary/aromatic N) is 1. The smallest absolute Gasteiger partial charge is 0.256 e. The van der Waals surface area contributed by atoms with Crippen LogP contribution in [0.15, 0.2) is 63.5 Å². The second kappa shape index (κ2) is 8.11. The quantitative estimate of drug-likeness (QED) is 0.241. The van der Waals surface area contributed by atoms with E-state index in [4.69, 9.17) is 4.42 Å². The molecule has 4 aromatic rings. The van der Waals surface area contributed by atoms with Crippen molar-refractivity contribution in [3.05, 3.63) is 77.3 Å². The van der Waals surface area contributed by atoms with Crippen LogP contribution in [0.1, 0.15) is 15.9 Å². The predicted molar refractivity (Wildman–Crippen MR) is 132 cm³/mol. The van der Waals surface area contributed by atoms with Crippen LogP contribution in [0.2, 0.25) is 0 Å². The lowest BCUT2D eigenvalue weighted by Crippen LogP contribution is -2.13. The van der Waals surface area contributed by atoms with Crippen molar-refractivity contribution in [1.82, 2.24) is 4.98 Å². The number of halogens is 3. The summed E-state index contributed by atoms with van der Waals surface area (Å²) in [6, 6.07) is 17.2. The first-order valence-electron chi connectivity index (χ1n) is 8.34. The fourth-order valence-corrected chi connectivity index (χ4v) is 4.17. The van der Waals surface area contributed by atoms with E-state index < -0.39 is 0 Å². The van der Waals surface area contributed by atoms with E-state index in [2.05, 4.69) is 71.4 Å². The summed E-state index contributed by atoms with van der Waals surface area (Å²) < 4.78 is 8.81. The molecule has 0 spiro atoms. The number of hydrogen-bond donors (Lipinski definition) is 1. The molecule has 0 fully saturated rings. The Kier molecular flexibility index (Phi) is 5.75. The molecule has 4 nitrogen and oxygen atoms in total. The van der Waals surface area contributed by atoms with Gasteiger partial charge in [0.25, 0.3) is 5.91 Å². The molecule has 1 amide bonds. The maximum absolute atomic E-state index is 12.7. The highest BCUT2D eigenvalue weighted by Crippen LogP contribution is 2.29. The summed E-state index contributed by atoms with van der Waals surface area (Å²) in [5.74, 6) is 0.403. The Hall–Kier alpha value is -1.46. The van der Waals surface area contributed by atoms with Gasteiger partial charge in [-0.05, 0) is 106 Å². The van der Waals surface area contributed by atoms with Crippen molar-refractivity contribution in [2.24, 2.45) is 0 Å². The van der Waals surface area contributed by atoms with Gasteiger partial charge in [0, 0.05) is 22.9 Å². The molecule has 0 bridgehead atoms. The lowest BCUT2D eigenvalue weighted by molar-refractivity contribution is 0.102. The fourth-order valence-electron chi connectivity index (χ4n) is 2.72. The number of aromatic nitrogens is 1. The standard InChI is InChI=1S/C21H13BrI2N2O2/c1-11-2-3-12(8-16(11)22)21-26-18-10-14(5-7-19(18)28-21)25-20(27)15-9-13(23)4-6-17(15)24/h2-10H,1H3,(H,25,27). The normalized spacial score (nSPS) is 11.0. The highest BCUT2D eigenvalue weighted by atomic mass is 127. The molecule has 1 heterocycles. The highest BCUT2D eigenvalue weighted by Gasteiger charge is 2.13. The summed E-state index contributed by atoms with van der Waals surface area (Å²) >= 11 is 7.91. The van der Waals surface area contributed by atoms with Crippen molar-refractivity contribution in [2.75, 3.05) is 5.32 Å². The van der Waals surface area contributed by atoms with Gasteiger partial charge in [0.05, 0.1) is 5.56 Å². The van der Waals surface area contributed by atoms with E-state index >= 15 is 0 Å². The van der Waals surface area contributed by atoms with Gasteiger partial charge in [-0.2, -0.15) is 0 Å². The van der Waals surface area contributed by atoms with E-state index in [-0.39, 0.29) is 5.91 Å². The average Bonchev–Trinajstić information content (AvgIpc) is 3.09. The molecule has 0 aliphatic rings. The molecule has 1 N–H and O–H groups in total. The molecule has 28 heavy (non-hydrogen) atoms. The first-order valence-corrected chi connectivity index (χ1v) is 11.3. The predicted octanol–water partition coefficient (Wildman–Crippen LogP) is 7.03. The van der Waals surface area contributed by atoms with Crippen LogP contribution in [0.25, 0.3) is 22.6 Å². The monoisotopic (exact) mass is 658 g/mol. The number of carbonyl (C=O) groups excluding carboxylic acids is 1. The van der Waals surface area contributed by atoms with Crippen molar-refractivity contribution in [2.45, 2.75) is 6.92 Å². The fraction of sp³-hybridized carbons (Fsp3) is 0.0476. The minimum Gasteiger partial charge on any atom is -0.436 e. The maximum Gasteiger partial charge on any atom is 0.256 e. The van der Waals surface area contributed by atoms with Crippen LogP contribution in [-0.4, -0.2) is 10.9 Å². The maximum atomic E-state index is 12.7. The van der Waals surface area contributed by atoms with Gasteiger partial charge in [0.1, 0.15) is 5.52 Å². The third-order valence-corrected chi connectivity index (χ3v) is 6.70. The summed E-state index contributed by atoms with van der Waals surface area (Å²) in [6.45, 7) is 2.03. The summed E-state index contributed by atoms with van der Waals surface area (Å²) in [5, 5.41) is 2.95. The molecule has 3 aromatic carbocycles. The highest BCUT2D eigenvalue weighted by molar-refractivity contribution is 14.1. The summed E-state index contributed by atoms with van der Waals surface area (Å²) in [7, 11) is 0. The molecule has 0 unspecified atom stereocenters. The largest absolute Gasteiger partial charge is 0.436 e. The Morgan fingerprint density at radius 2 is 1.89 bits per heavy atom. The Balaban J connectivity index is 1.63. The Bertz CT molecular complexity index is 1220. The number of hydrogen-bond acceptors (Lipinski definition) is 3. The van der Waals surface area contributed by atoms with Crippen LogP contribution in [0, 0.1) is 14.1 Å². The van der Waals surface area contributed by atoms with Crippen LogP contribution in [0.3, 0.4) is 0 Å². The number of oxazole rings is 1. The first-order chi connectivity index (χ1) is 13.4. The number of carbonyl (C=O) groups is 1. The minimum atomic E-state index is -0.145. The summed E-state index contributed by atoms with van der Waals surface area (Å²) in [6.07, 6.45) is 0. The van der Waals surface area contributed by atoms with Crippen molar-refractivity contribution < 1.29 is 9.21 Å². The zero-order valence-corrected chi connectivity index (χ0v) is 20.5. The zero-order chi connectivity index (χ0) is 19.8. The van der Waals surface area contributed by atoms with E-state index in [1.807, 2.05) is 61.5 Å². The molecule has 1 aromatic heterocycles. The molecule has 0 radical (unpaired) electrons. The Morgan fingerprint density at radius 1 is 1.07 bits per heavy atom. The SMILES string of the molecule is Cc1ccc(-c2nc3cc(NC(=O)c4cc(I)ccc4I)ccc3o2)cc1Br. The van der Waals surface area contributed by atoms with Crippen molar-refractivity contribution in [1.29, 1.82) is 0 Å². The Morgan fingerprint density at radius 3 is 2.68 bits per heavy atom. The minimum absolute atomic E-state index is 0.145. The number of fused-ring (bicyclic) bond motifs is 1. The molecule has 7 heteroatoms. The van der Waals surface area contributed by atoms with Crippen LogP contribution in [0.5, 0.6) is 0 Å². The third-order valence-electron chi connectivity index (χ3n) is 4.24. The van der Waals surface area contributed by atoms with Gasteiger partial charge in [-0.25, -0.2) is 4.98 Å². The number of benzene rings is 3. The summed E-state index contributed by atoms with van der Waals surface area (Å²) in [4.78, 5) is 17.2. The number of rotatable bonds is 3. The lowest BCUT2D eigenvalue weighted by Gasteiger charge is -2.07. The van der Waals surface area contributed by atoms with E-state index in [0.29, 0.717) is 28.2 Å². The number of nitrogens with one attached hydrogen (secondary N) is 1. The van der Waals surface area contributed by atoms with E-state index in [0.717, 1.165) is 22.7 Å².